The van der Waals surface area contributed by atoms with E-state index < -0.39 is 16.1 Å². The maximum atomic E-state index is 12.7. The van der Waals surface area contributed by atoms with Crippen LogP contribution >= 0.6 is 0 Å². The van der Waals surface area contributed by atoms with Gasteiger partial charge in [-0.2, -0.15) is 4.31 Å². The minimum Gasteiger partial charge on any atom is -0.379 e. The molecule has 0 spiro atoms. The summed E-state index contributed by atoms with van der Waals surface area (Å²) in [6.45, 7) is 3.87. The van der Waals surface area contributed by atoms with Gasteiger partial charge in [0.1, 0.15) is 6.04 Å². The number of sulfonamides is 1. The number of rotatable bonds is 6. The molecule has 26 heavy (non-hydrogen) atoms. The van der Waals surface area contributed by atoms with E-state index in [1.165, 1.54) is 10.6 Å². The van der Waals surface area contributed by atoms with Crippen molar-refractivity contribution in [2.75, 3.05) is 45.6 Å². The Bertz CT molecular complexity index is 704. The van der Waals surface area contributed by atoms with E-state index in [0.29, 0.717) is 32.7 Å². The van der Waals surface area contributed by atoms with Crippen molar-refractivity contribution in [1.29, 1.82) is 0 Å². The van der Waals surface area contributed by atoms with E-state index in [0.717, 1.165) is 25.1 Å². The number of carbonyl (C=O) groups is 1. The lowest BCUT2D eigenvalue weighted by Crippen LogP contribution is -2.49. The van der Waals surface area contributed by atoms with Crippen LogP contribution in [0, 0.1) is 0 Å². The largest absolute Gasteiger partial charge is 0.379 e. The molecule has 2 fully saturated rings. The third kappa shape index (κ3) is 4.62. The molecule has 0 radical (unpaired) electrons. The van der Waals surface area contributed by atoms with Gasteiger partial charge in [-0.3, -0.25) is 9.69 Å². The molecule has 8 heteroatoms. The first-order valence-electron chi connectivity index (χ1n) is 9.08. The molecule has 144 valence electrons. The molecule has 0 saturated carbocycles. The Kier molecular flexibility index (Phi) is 6.29. The minimum atomic E-state index is -3.36. The summed E-state index contributed by atoms with van der Waals surface area (Å²) in [6.07, 6.45) is 2.46. The SMILES string of the molecule is CS(=O)(=O)N1CCCC1C(=O)NCC(c1ccccc1)N1CCOCC1. The molecule has 2 heterocycles. The van der Waals surface area contributed by atoms with Crippen LogP contribution < -0.4 is 5.32 Å². The lowest BCUT2D eigenvalue weighted by atomic mass is 10.0. The molecular formula is C18H27N3O4S. The number of ether oxygens (including phenoxy) is 1. The highest BCUT2D eigenvalue weighted by Gasteiger charge is 2.36. The van der Waals surface area contributed by atoms with Crippen LogP contribution in [0.2, 0.25) is 0 Å². The van der Waals surface area contributed by atoms with Gasteiger partial charge in [-0.15, -0.1) is 0 Å². The van der Waals surface area contributed by atoms with Crippen LogP contribution in [-0.4, -0.2) is 75.2 Å². The average Bonchev–Trinajstić information content (AvgIpc) is 3.14. The number of nitrogens with zero attached hydrogens (tertiary/aromatic N) is 2. The fourth-order valence-electron chi connectivity index (χ4n) is 3.74. The molecule has 1 aromatic rings. The second kappa shape index (κ2) is 8.47. The van der Waals surface area contributed by atoms with Gasteiger partial charge in [-0.1, -0.05) is 30.3 Å². The second-order valence-corrected chi connectivity index (χ2v) is 8.79. The first kappa shape index (κ1) is 19.3. The summed E-state index contributed by atoms with van der Waals surface area (Å²) in [4.78, 5) is 15.0. The first-order valence-corrected chi connectivity index (χ1v) is 10.9. The summed E-state index contributed by atoms with van der Waals surface area (Å²) in [7, 11) is -3.36. The third-order valence-electron chi connectivity index (χ3n) is 5.07. The quantitative estimate of drug-likeness (QED) is 0.781. The molecule has 1 aromatic carbocycles. The molecule has 0 aromatic heterocycles. The Balaban J connectivity index is 1.68. The Hall–Kier alpha value is -1.48. The van der Waals surface area contributed by atoms with E-state index in [2.05, 4.69) is 22.3 Å². The smallest absolute Gasteiger partial charge is 0.238 e. The van der Waals surface area contributed by atoms with E-state index in [1.807, 2.05) is 18.2 Å². The third-order valence-corrected chi connectivity index (χ3v) is 6.36. The van der Waals surface area contributed by atoms with Crippen molar-refractivity contribution in [2.45, 2.75) is 24.9 Å². The molecule has 1 N–H and O–H groups in total. The zero-order chi connectivity index (χ0) is 18.6. The molecule has 0 bridgehead atoms. The van der Waals surface area contributed by atoms with Crippen molar-refractivity contribution in [2.24, 2.45) is 0 Å². The van der Waals surface area contributed by atoms with Gasteiger partial charge in [0.25, 0.3) is 0 Å². The average molecular weight is 381 g/mol. The van der Waals surface area contributed by atoms with Crippen LogP contribution in [0.3, 0.4) is 0 Å². The number of amides is 1. The van der Waals surface area contributed by atoms with Crippen LogP contribution in [0.4, 0.5) is 0 Å². The Morgan fingerprint density at radius 2 is 1.92 bits per heavy atom. The topological polar surface area (TPSA) is 79.0 Å². The molecule has 2 unspecified atom stereocenters. The molecular weight excluding hydrogens is 354 g/mol. The van der Waals surface area contributed by atoms with E-state index >= 15 is 0 Å². The molecule has 7 nitrogen and oxygen atoms in total. The maximum Gasteiger partial charge on any atom is 0.238 e. The number of nitrogens with one attached hydrogen (secondary N) is 1. The number of morpholine rings is 1. The lowest BCUT2D eigenvalue weighted by molar-refractivity contribution is -0.124. The van der Waals surface area contributed by atoms with Crippen molar-refractivity contribution < 1.29 is 17.9 Å². The molecule has 0 aliphatic carbocycles. The van der Waals surface area contributed by atoms with Gasteiger partial charge in [0, 0.05) is 26.2 Å². The highest BCUT2D eigenvalue weighted by molar-refractivity contribution is 7.88. The van der Waals surface area contributed by atoms with Gasteiger partial charge in [0.05, 0.1) is 25.5 Å². The van der Waals surface area contributed by atoms with Crippen LogP contribution in [-0.2, 0) is 19.6 Å². The van der Waals surface area contributed by atoms with Gasteiger partial charge in [0.15, 0.2) is 0 Å². The highest BCUT2D eigenvalue weighted by Crippen LogP contribution is 2.23. The summed E-state index contributed by atoms with van der Waals surface area (Å²) in [5.74, 6) is -0.206. The summed E-state index contributed by atoms with van der Waals surface area (Å²) in [6, 6.07) is 9.54. The highest BCUT2D eigenvalue weighted by atomic mass is 32.2. The van der Waals surface area contributed by atoms with E-state index in [1.54, 1.807) is 0 Å². The first-order chi connectivity index (χ1) is 12.5. The monoisotopic (exact) mass is 381 g/mol. The van der Waals surface area contributed by atoms with Crippen molar-refractivity contribution in [3.8, 4) is 0 Å². The zero-order valence-electron chi connectivity index (χ0n) is 15.1. The van der Waals surface area contributed by atoms with Crippen LogP contribution in [0.1, 0.15) is 24.4 Å². The molecule has 1 amide bonds. The van der Waals surface area contributed by atoms with Crippen molar-refractivity contribution >= 4 is 15.9 Å². The van der Waals surface area contributed by atoms with E-state index in [-0.39, 0.29) is 11.9 Å². The predicted molar refractivity (Wildman–Crippen MR) is 99.2 cm³/mol. The van der Waals surface area contributed by atoms with Crippen LogP contribution in [0.5, 0.6) is 0 Å². The molecule has 2 aliphatic heterocycles. The number of hydrogen-bond acceptors (Lipinski definition) is 5. The second-order valence-electron chi connectivity index (χ2n) is 6.85. The van der Waals surface area contributed by atoms with Crippen molar-refractivity contribution in [3.05, 3.63) is 35.9 Å². The molecule has 2 aliphatic rings. The summed E-state index contributed by atoms with van der Waals surface area (Å²) >= 11 is 0. The van der Waals surface area contributed by atoms with Gasteiger partial charge in [-0.25, -0.2) is 8.42 Å². The molecule has 2 saturated heterocycles. The standard InChI is InChI=1S/C18H27N3O4S/c1-26(23,24)21-9-5-8-16(21)18(22)19-14-17(15-6-3-2-4-7-15)20-10-12-25-13-11-20/h2-4,6-7,16-17H,5,8-14H2,1H3,(H,19,22). The minimum absolute atomic E-state index is 0.0529. The van der Waals surface area contributed by atoms with Crippen molar-refractivity contribution in [1.82, 2.24) is 14.5 Å². The number of carbonyl (C=O) groups excluding carboxylic acids is 1. The normalized spacial score (nSPS) is 23.7. The fraction of sp³-hybridized carbons (Fsp3) is 0.611. The maximum absolute atomic E-state index is 12.7. The van der Waals surface area contributed by atoms with Crippen LogP contribution in [0.25, 0.3) is 0 Å². The number of benzene rings is 1. The lowest BCUT2D eigenvalue weighted by Gasteiger charge is -2.35. The summed E-state index contributed by atoms with van der Waals surface area (Å²) in [5.41, 5.74) is 1.14. The van der Waals surface area contributed by atoms with Gasteiger partial charge < -0.3 is 10.1 Å². The summed E-state index contributed by atoms with van der Waals surface area (Å²) < 4.78 is 30.5. The number of hydrogen-bond donors (Lipinski definition) is 1. The predicted octanol–water partition coefficient (Wildman–Crippen LogP) is 0.600. The van der Waals surface area contributed by atoms with Crippen molar-refractivity contribution in [3.63, 3.8) is 0 Å². The Labute approximate surface area is 155 Å². The van der Waals surface area contributed by atoms with Crippen LogP contribution in [0.15, 0.2) is 30.3 Å². The van der Waals surface area contributed by atoms with Gasteiger partial charge in [-0.05, 0) is 18.4 Å². The summed E-state index contributed by atoms with van der Waals surface area (Å²) in [5, 5.41) is 3.00. The van der Waals surface area contributed by atoms with Gasteiger partial charge in [0.2, 0.25) is 15.9 Å². The van der Waals surface area contributed by atoms with E-state index in [9.17, 15) is 13.2 Å². The fourth-order valence-corrected chi connectivity index (χ4v) is 4.86. The molecule has 3 rings (SSSR count). The Morgan fingerprint density at radius 1 is 1.23 bits per heavy atom. The molecule has 2 atom stereocenters. The zero-order valence-corrected chi connectivity index (χ0v) is 16.0. The van der Waals surface area contributed by atoms with E-state index in [4.69, 9.17) is 4.74 Å². The Morgan fingerprint density at radius 3 is 2.58 bits per heavy atom. The van der Waals surface area contributed by atoms with Gasteiger partial charge >= 0.3 is 0 Å².